The number of hydrogen-bond acceptors (Lipinski definition) is 3. The second kappa shape index (κ2) is 4.09. The highest BCUT2D eigenvalue weighted by atomic mass is 16.5. The number of carbonyl (C=O) groups is 1. The maximum atomic E-state index is 11.5. The summed E-state index contributed by atoms with van der Waals surface area (Å²) in [5.74, 6) is -0.806. The molecule has 2 rings (SSSR count). The number of aliphatic carboxylic acids is 1. The van der Waals surface area contributed by atoms with Crippen LogP contribution in [0.1, 0.15) is 18.4 Å². The molecule has 0 spiro atoms. The number of rotatable bonds is 3. The first-order chi connectivity index (χ1) is 7.69. The first-order valence-electron chi connectivity index (χ1n) is 5.17. The Morgan fingerprint density at radius 2 is 2.31 bits per heavy atom. The summed E-state index contributed by atoms with van der Waals surface area (Å²) < 4.78 is 6.74. The van der Waals surface area contributed by atoms with Gasteiger partial charge in [-0.05, 0) is 12.8 Å². The molecule has 5 nitrogen and oxygen atoms in total. The van der Waals surface area contributed by atoms with Gasteiger partial charge >= 0.3 is 5.97 Å². The van der Waals surface area contributed by atoms with E-state index in [4.69, 9.17) is 4.74 Å². The highest BCUT2D eigenvalue weighted by Crippen LogP contribution is 2.34. The van der Waals surface area contributed by atoms with E-state index >= 15 is 0 Å². The molecule has 0 saturated carbocycles. The van der Waals surface area contributed by atoms with E-state index in [2.05, 4.69) is 11.7 Å². The summed E-state index contributed by atoms with van der Waals surface area (Å²) in [5, 5.41) is 13.4. The van der Waals surface area contributed by atoms with Gasteiger partial charge in [0.15, 0.2) is 0 Å². The molecule has 1 fully saturated rings. The summed E-state index contributed by atoms with van der Waals surface area (Å²) in [4.78, 5) is 11.5. The van der Waals surface area contributed by atoms with Crippen molar-refractivity contribution < 1.29 is 14.6 Å². The number of carboxylic acids is 1. The van der Waals surface area contributed by atoms with E-state index in [9.17, 15) is 9.90 Å². The van der Waals surface area contributed by atoms with E-state index in [-0.39, 0.29) is 0 Å². The first-order valence-corrected chi connectivity index (χ1v) is 5.17. The van der Waals surface area contributed by atoms with Crippen molar-refractivity contribution in [1.82, 2.24) is 9.78 Å². The molecule has 0 unspecified atom stereocenters. The Hall–Kier alpha value is -1.62. The lowest BCUT2D eigenvalue weighted by molar-refractivity contribution is -0.147. The Labute approximate surface area is 93.3 Å². The molecule has 1 aromatic heterocycles. The van der Waals surface area contributed by atoms with E-state index in [1.165, 1.54) is 4.68 Å². The van der Waals surface area contributed by atoms with Crippen LogP contribution in [0, 0.1) is 0 Å². The van der Waals surface area contributed by atoms with Gasteiger partial charge in [0.25, 0.3) is 0 Å². The van der Waals surface area contributed by atoms with E-state index in [0.29, 0.717) is 26.1 Å². The zero-order valence-electron chi connectivity index (χ0n) is 8.93. The topological polar surface area (TPSA) is 64.4 Å². The van der Waals surface area contributed by atoms with Gasteiger partial charge in [-0.1, -0.05) is 6.58 Å². The largest absolute Gasteiger partial charge is 0.481 e. The number of hydrogen-bond donors (Lipinski definition) is 1. The molecule has 0 aliphatic carbocycles. The lowest BCUT2D eigenvalue weighted by Gasteiger charge is -2.32. The van der Waals surface area contributed by atoms with E-state index in [0.717, 1.165) is 5.56 Å². The molecule has 0 amide bonds. The molecule has 2 heterocycles. The van der Waals surface area contributed by atoms with Gasteiger partial charge < -0.3 is 9.84 Å². The van der Waals surface area contributed by atoms with Gasteiger partial charge in [0.05, 0.1) is 6.20 Å². The molecule has 1 aliphatic rings. The van der Waals surface area contributed by atoms with Crippen LogP contribution in [0.3, 0.4) is 0 Å². The van der Waals surface area contributed by atoms with Gasteiger partial charge in [-0.3, -0.25) is 4.79 Å². The van der Waals surface area contributed by atoms with Crippen LogP contribution in [-0.4, -0.2) is 34.1 Å². The maximum Gasteiger partial charge on any atom is 0.314 e. The Kier molecular flexibility index (Phi) is 2.78. The smallest absolute Gasteiger partial charge is 0.314 e. The predicted octanol–water partition coefficient (Wildman–Crippen LogP) is 1.12. The van der Waals surface area contributed by atoms with Crippen molar-refractivity contribution in [3.8, 4) is 0 Å². The van der Waals surface area contributed by atoms with Crippen molar-refractivity contribution in [3.05, 3.63) is 24.5 Å². The Morgan fingerprint density at radius 1 is 1.62 bits per heavy atom. The van der Waals surface area contributed by atoms with Crippen molar-refractivity contribution >= 4 is 12.2 Å². The minimum absolute atomic E-state index is 0.478. The lowest BCUT2D eigenvalue weighted by atomic mass is 9.75. The second-order valence-electron chi connectivity index (χ2n) is 3.89. The molecular formula is C11H14N2O3. The minimum atomic E-state index is -0.848. The summed E-state index contributed by atoms with van der Waals surface area (Å²) in [7, 11) is 0. The van der Waals surface area contributed by atoms with Crippen molar-refractivity contribution in [3.63, 3.8) is 0 Å². The standard InChI is InChI=1S/C11H14N2O3/c1-2-13-8-9(7-12-13)11(10(14)15)3-5-16-6-4-11/h2,7-8H,1,3-6H2,(H,14,15). The highest BCUT2D eigenvalue weighted by Gasteiger charge is 2.42. The van der Waals surface area contributed by atoms with E-state index in [1.54, 1.807) is 18.6 Å². The van der Waals surface area contributed by atoms with E-state index in [1.807, 2.05) is 0 Å². The molecule has 1 aliphatic heterocycles. The summed E-state index contributed by atoms with van der Waals surface area (Å²) >= 11 is 0. The van der Waals surface area contributed by atoms with Crippen molar-refractivity contribution in [1.29, 1.82) is 0 Å². The lowest BCUT2D eigenvalue weighted by Crippen LogP contribution is -2.41. The van der Waals surface area contributed by atoms with Crippen LogP contribution in [0.4, 0.5) is 0 Å². The Balaban J connectivity index is 2.38. The summed E-state index contributed by atoms with van der Waals surface area (Å²) in [6.45, 7) is 4.54. The summed E-state index contributed by atoms with van der Waals surface area (Å²) in [6, 6.07) is 0. The highest BCUT2D eigenvalue weighted by molar-refractivity contribution is 5.81. The third kappa shape index (κ3) is 1.63. The molecule has 1 saturated heterocycles. The number of carboxylic acid groups (broad SMARTS) is 1. The fourth-order valence-corrected chi connectivity index (χ4v) is 2.03. The maximum absolute atomic E-state index is 11.5. The van der Waals surface area contributed by atoms with Crippen LogP contribution in [0.15, 0.2) is 19.0 Å². The molecule has 86 valence electrons. The molecule has 0 atom stereocenters. The zero-order chi connectivity index (χ0) is 11.6. The third-order valence-corrected chi connectivity index (χ3v) is 3.10. The zero-order valence-corrected chi connectivity index (χ0v) is 8.93. The van der Waals surface area contributed by atoms with Crippen molar-refractivity contribution in [2.45, 2.75) is 18.3 Å². The first kappa shape index (κ1) is 10.9. The number of aromatic nitrogens is 2. The molecule has 1 aromatic rings. The van der Waals surface area contributed by atoms with Crippen LogP contribution in [-0.2, 0) is 14.9 Å². The van der Waals surface area contributed by atoms with Gasteiger partial charge in [-0.2, -0.15) is 5.10 Å². The van der Waals surface area contributed by atoms with Crippen LogP contribution >= 0.6 is 0 Å². The van der Waals surface area contributed by atoms with Crippen molar-refractivity contribution in [2.24, 2.45) is 0 Å². The SMILES string of the molecule is C=Cn1cc(C2(C(=O)O)CCOCC2)cn1. The average Bonchev–Trinajstić information content (AvgIpc) is 2.78. The molecule has 0 bridgehead atoms. The Morgan fingerprint density at radius 3 is 2.81 bits per heavy atom. The molecular weight excluding hydrogens is 208 g/mol. The minimum Gasteiger partial charge on any atom is -0.481 e. The van der Waals surface area contributed by atoms with E-state index < -0.39 is 11.4 Å². The second-order valence-corrected chi connectivity index (χ2v) is 3.89. The fraction of sp³-hybridized carbons (Fsp3) is 0.455. The quantitative estimate of drug-likeness (QED) is 0.832. The predicted molar refractivity (Wildman–Crippen MR) is 58.0 cm³/mol. The monoisotopic (exact) mass is 222 g/mol. The number of ether oxygens (including phenoxy) is 1. The van der Waals surface area contributed by atoms with Gasteiger partial charge in [0.2, 0.25) is 0 Å². The van der Waals surface area contributed by atoms with Gasteiger partial charge in [-0.15, -0.1) is 0 Å². The summed E-state index contributed by atoms with van der Waals surface area (Å²) in [5.41, 5.74) is -0.123. The van der Waals surface area contributed by atoms with Crippen LogP contribution in [0.25, 0.3) is 6.20 Å². The van der Waals surface area contributed by atoms with Gasteiger partial charge in [0, 0.05) is 31.2 Å². The summed E-state index contributed by atoms with van der Waals surface area (Å²) in [6.07, 6.45) is 5.84. The molecule has 0 radical (unpaired) electrons. The fourth-order valence-electron chi connectivity index (χ4n) is 2.03. The molecule has 1 N–H and O–H groups in total. The van der Waals surface area contributed by atoms with Crippen LogP contribution < -0.4 is 0 Å². The Bertz CT molecular complexity index is 405. The molecule has 16 heavy (non-hydrogen) atoms. The van der Waals surface area contributed by atoms with Gasteiger partial charge in [-0.25, -0.2) is 4.68 Å². The van der Waals surface area contributed by atoms with Gasteiger partial charge in [0.1, 0.15) is 5.41 Å². The molecule has 0 aromatic carbocycles. The van der Waals surface area contributed by atoms with Crippen molar-refractivity contribution in [2.75, 3.05) is 13.2 Å². The molecule has 5 heteroatoms. The third-order valence-electron chi connectivity index (χ3n) is 3.10. The normalized spacial score (nSPS) is 19.2. The number of nitrogens with zero attached hydrogens (tertiary/aromatic N) is 2. The van der Waals surface area contributed by atoms with Crippen LogP contribution in [0.5, 0.6) is 0 Å². The van der Waals surface area contributed by atoms with Crippen LogP contribution in [0.2, 0.25) is 0 Å². The average molecular weight is 222 g/mol.